The molecule has 0 saturated heterocycles. The summed E-state index contributed by atoms with van der Waals surface area (Å²) in [6.07, 6.45) is 5.43. The van der Waals surface area contributed by atoms with E-state index >= 15 is 0 Å². The van der Waals surface area contributed by atoms with E-state index in [1.807, 2.05) is 6.92 Å². The topological polar surface area (TPSA) is 63.3 Å². The monoisotopic (exact) mass is 251 g/mol. The van der Waals surface area contributed by atoms with Gasteiger partial charge in [-0.1, -0.05) is 20.3 Å². The Morgan fingerprint density at radius 2 is 2.17 bits per heavy atom. The van der Waals surface area contributed by atoms with Crippen LogP contribution in [0.4, 0.5) is 0 Å². The summed E-state index contributed by atoms with van der Waals surface area (Å²) in [7, 11) is 0. The molecule has 1 saturated carbocycles. The maximum absolute atomic E-state index is 11.8. The van der Waals surface area contributed by atoms with Gasteiger partial charge in [-0.2, -0.15) is 0 Å². The van der Waals surface area contributed by atoms with Crippen LogP contribution < -0.4 is 5.73 Å². The quantitative estimate of drug-likeness (QED) is 0.791. The van der Waals surface area contributed by atoms with Crippen LogP contribution >= 0.6 is 0 Å². The van der Waals surface area contributed by atoms with Gasteiger partial charge in [-0.3, -0.25) is 4.79 Å². The lowest BCUT2D eigenvalue weighted by Gasteiger charge is -2.54. The molecule has 102 valence electrons. The molecular weight excluding hydrogens is 226 g/mol. The molecule has 0 aliphatic heterocycles. The van der Waals surface area contributed by atoms with Crippen LogP contribution in [-0.4, -0.2) is 11.1 Å². The second kappa shape index (κ2) is 4.29. The fourth-order valence-electron chi connectivity index (χ4n) is 4.46. The smallest absolute Gasteiger partial charge is 0.309 e. The number of carbonyl (C=O) groups is 1. The maximum atomic E-state index is 11.8. The number of rotatable bonds is 2. The molecule has 3 unspecified atom stereocenters. The summed E-state index contributed by atoms with van der Waals surface area (Å²) < 4.78 is 0. The molecular formula is C15H25NO2. The molecule has 0 heterocycles. The molecule has 3 N–H and O–H groups in total. The zero-order valence-corrected chi connectivity index (χ0v) is 11.8. The van der Waals surface area contributed by atoms with Gasteiger partial charge in [0.05, 0.1) is 5.41 Å². The number of carboxylic acid groups (broad SMARTS) is 1. The van der Waals surface area contributed by atoms with Crippen molar-refractivity contribution in [1.29, 1.82) is 0 Å². The van der Waals surface area contributed by atoms with Crippen LogP contribution in [0, 0.1) is 16.7 Å². The summed E-state index contributed by atoms with van der Waals surface area (Å²) in [6, 6.07) is 0. The van der Waals surface area contributed by atoms with Gasteiger partial charge in [0.1, 0.15) is 0 Å². The molecule has 0 aromatic heterocycles. The number of allylic oxidation sites excluding steroid dienone is 2. The van der Waals surface area contributed by atoms with Crippen LogP contribution in [0.1, 0.15) is 59.3 Å². The maximum Gasteiger partial charge on any atom is 0.309 e. The highest BCUT2D eigenvalue weighted by Crippen LogP contribution is 2.60. The molecule has 3 heteroatoms. The number of carboxylic acids is 1. The molecule has 2 aliphatic rings. The van der Waals surface area contributed by atoms with Crippen molar-refractivity contribution in [2.24, 2.45) is 22.5 Å². The summed E-state index contributed by atoms with van der Waals surface area (Å²) in [6.45, 7) is 6.36. The van der Waals surface area contributed by atoms with Crippen molar-refractivity contribution < 1.29 is 9.90 Å². The van der Waals surface area contributed by atoms with Crippen molar-refractivity contribution in [3.05, 3.63) is 11.3 Å². The molecule has 3 nitrogen and oxygen atoms in total. The predicted octanol–water partition coefficient (Wildman–Crippen LogP) is 3.30. The van der Waals surface area contributed by atoms with Gasteiger partial charge in [-0.15, -0.1) is 0 Å². The Morgan fingerprint density at radius 3 is 2.72 bits per heavy atom. The summed E-state index contributed by atoms with van der Waals surface area (Å²) in [4.78, 5) is 11.8. The largest absolute Gasteiger partial charge is 0.481 e. The standard InChI is InChI=1S/C15H25NO2/c1-4-15(13(17)18)9-5-8-14(3)10(2)11(16)6-7-12(14)15/h12H,4-9,16H2,1-3H3,(H,17,18). The first kappa shape index (κ1) is 13.4. The first-order valence-corrected chi connectivity index (χ1v) is 7.07. The normalized spacial score (nSPS) is 40.5. The van der Waals surface area contributed by atoms with Gasteiger partial charge in [-0.05, 0) is 55.9 Å². The Morgan fingerprint density at radius 1 is 1.50 bits per heavy atom. The van der Waals surface area contributed by atoms with Crippen molar-refractivity contribution in [3.8, 4) is 0 Å². The van der Waals surface area contributed by atoms with Crippen LogP contribution in [0.15, 0.2) is 11.3 Å². The molecule has 0 aromatic rings. The Balaban J connectivity index is 2.50. The van der Waals surface area contributed by atoms with Crippen LogP contribution in [0.25, 0.3) is 0 Å². The third-order valence-electron chi connectivity index (χ3n) is 5.85. The Labute approximate surface area is 109 Å². The fraction of sp³-hybridized carbons (Fsp3) is 0.800. The third kappa shape index (κ3) is 1.59. The molecule has 2 aliphatic carbocycles. The van der Waals surface area contributed by atoms with Crippen molar-refractivity contribution >= 4 is 5.97 Å². The molecule has 0 bridgehead atoms. The molecule has 18 heavy (non-hydrogen) atoms. The van der Waals surface area contributed by atoms with Gasteiger partial charge in [0.15, 0.2) is 0 Å². The van der Waals surface area contributed by atoms with Crippen molar-refractivity contribution in [2.45, 2.75) is 59.3 Å². The Bertz CT molecular complexity index is 401. The van der Waals surface area contributed by atoms with E-state index in [1.165, 1.54) is 5.57 Å². The van der Waals surface area contributed by atoms with E-state index in [1.54, 1.807) is 0 Å². The second-order valence-electron chi connectivity index (χ2n) is 6.33. The Kier molecular flexibility index (Phi) is 3.20. The molecule has 1 fully saturated rings. The number of nitrogens with two attached hydrogens (primary N) is 1. The van der Waals surface area contributed by atoms with Gasteiger partial charge in [0.2, 0.25) is 0 Å². The first-order valence-electron chi connectivity index (χ1n) is 7.07. The minimum Gasteiger partial charge on any atom is -0.481 e. The van der Waals surface area contributed by atoms with Gasteiger partial charge in [0.25, 0.3) is 0 Å². The average molecular weight is 251 g/mol. The number of fused-ring (bicyclic) bond motifs is 1. The number of hydrogen-bond donors (Lipinski definition) is 2. The lowest BCUT2D eigenvalue weighted by molar-refractivity contribution is -0.161. The van der Waals surface area contributed by atoms with Gasteiger partial charge in [0, 0.05) is 5.70 Å². The van der Waals surface area contributed by atoms with Gasteiger partial charge in [-0.25, -0.2) is 0 Å². The van der Waals surface area contributed by atoms with E-state index in [0.717, 1.165) is 44.2 Å². The van der Waals surface area contributed by atoms with Crippen LogP contribution in [0.5, 0.6) is 0 Å². The highest BCUT2D eigenvalue weighted by Gasteiger charge is 2.56. The average Bonchev–Trinajstić information content (AvgIpc) is 2.33. The summed E-state index contributed by atoms with van der Waals surface area (Å²) in [5.41, 5.74) is 7.81. The molecule has 0 spiro atoms. The van der Waals surface area contributed by atoms with E-state index in [0.29, 0.717) is 0 Å². The highest BCUT2D eigenvalue weighted by atomic mass is 16.4. The SMILES string of the molecule is CCC1(C(=O)O)CCCC2(C)C(C)=C(N)CCC21. The lowest BCUT2D eigenvalue weighted by Crippen LogP contribution is -2.51. The zero-order chi connectivity index (χ0) is 13.6. The molecule has 2 rings (SSSR count). The van der Waals surface area contributed by atoms with E-state index in [-0.39, 0.29) is 11.3 Å². The van der Waals surface area contributed by atoms with Crippen LogP contribution in [0.2, 0.25) is 0 Å². The van der Waals surface area contributed by atoms with Gasteiger partial charge >= 0.3 is 5.97 Å². The first-order chi connectivity index (χ1) is 8.38. The van der Waals surface area contributed by atoms with Crippen LogP contribution in [0.3, 0.4) is 0 Å². The summed E-state index contributed by atoms with van der Waals surface area (Å²) in [5.74, 6) is -0.359. The van der Waals surface area contributed by atoms with Crippen molar-refractivity contribution in [2.75, 3.05) is 0 Å². The van der Waals surface area contributed by atoms with Gasteiger partial charge < -0.3 is 10.8 Å². The minimum absolute atomic E-state index is 0.00498. The summed E-state index contributed by atoms with van der Waals surface area (Å²) >= 11 is 0. The van der Waals surface area contributed by atoms with E-state index in [2.05, 4.69) is 13.8 Å². The number of hydrogen-bond acceptors (Lipinski definition) is 2. The highest BCUT2D eigenvalue weighted by molar-refractivity contribution is 5.75. The summed E-state index contributed by atoms with van der Waals surface area (Å²) in [5, 5.41) is 9.75. The van der Waals surface area contributed by atoms with E-state index < -0.39 is 11.4 Å². The molecule has 0 amide bonds. The zero-order valence-electron chi connectivity index (χ0n) is 11.8. The minimum atomic E-state index is -0.603. The Hall–Kier alpha value is -0.990. The van der Waals surface area contributed by atoms with E-state index in [4.69, 9.17) is 5.73 Å². The lowest BCUT2D eigenvalue weighted by atomic mass is 9.49. The number of aliphatic carboxylic acids is 1. The molecule has 3 atom stereocenters. The van der Waals surface area contributed by atoms with Crippen molar-refractivity contribution in [1.82, 2.24) is 0 Å². The predicted molar refractivity (Wildman–Crippen MR) is 71.9 cm³/mol. The van der Waals surface area contributed by atoms with Crippen molar-refractivity contribution in [3.63, 3.8) is 0 Å². The van der Waals surface area contributed by atoms with E-state index in [9.17, 15) is 9.90 Å². The molecule has 0 aromatic carbocycles. The molecule has 0 radical (unpaired) electrons. The third-order valence-corrected chi connectivity index (χ3v) is 5.85. The second-order valence-corrected chi connectivity index (χ2v) is 6.33. The fourth-order valence-corrected chi connectivity index (χ4v) is 4.46. The van der Waals surface area contributed by atoms with Crippen LogP contribution in [-0.2, 0) is 4.79 Å².